The van der Waals surface area contributed by atoms with Crippen molar-refractivity contribution >= 4 is 11.1 Å². The van der Waals surface area contributed by atoms with Gasteiger partial charge in [0.05, 0.1) is 0 Å². The van der Waals surface area contributed by atoms with E-state index in [1.165, 1.54) is 0 Å². The minimum Gasteiger partial charge on any atom is -0.436 e. The van der Waals surface area contributed by atoms with Crippen LogP contribution in [0.5, 0.6) is 0 Å². The smallest absolute Gasteiger partial charge is 0.227 e. The molecule has 3 aromatic rings. The van der Waals surface area contributed by atoms with Gasteiger partial charge in [-0.15, -0.1) is 0 Å². The summed E-state index contributed by atoms with van der Waals surface area (Å²) < 4.78 is 5.71. The fraction of sp³-hybridized carbons (Fsp3) is 0.133. The zero-order chi connectivity index (χ0) is 12.5. The summed E-state index contributed by atoms with van der Waals surface area (Å²) in [5.41, 5.74) is 9.59. The highest BCUT2D eigenvalue weighted by molar-refractivity contribution is 5.75. The Bertz CT molecular complexity index is 635. The third kappa shape index (κ3) is 1.89. The molecule has 3 rings (SSSR count). The summed E-state index contributed by atoms with van der Waals surface area (Å²) in [6.07, 6.45) is 0. The van der Waals surface area contributed by atoms with E-state index in [1.54, 1.807) is 0 Å². The molecule has 0 spiro atoms. The molecule has 0 aliphatic carbocycles. The minimum atomic E-state index is 0.0442. The number of nitrogens with zero attached hydrogens (tertiary/aromatic N) is 1. The van der Waals surface area contributed by atoms with Crippen molar-refractivity contribution in [3.8, 4) is 11.5 Å². The normalized spacial score (nSPS) is 12.8. The largest absolute Gasteiger partial charge is 0.436 e. The van der Waals surface area contributed by atoms with Crippen molar-refractivity contribution in [3.05, 3.63) is 54.1 Å². The van der Waals surface area contributed by atoms with Crippen LogP contribution in [0.3, 0.4) is 0 Å². The highest BCUT2D eigenvalue weighted by Crippen LogP contribution is 2.24. The third-order valence-electron chi connectivity index (χ3n) is 2.98. The maximum Gasteiger partial charge on any atom is 0.227 e. The number of oxazole rings is 1. The van der Waals surface area contributed by atoms with E-state index in [-0.39, 0.29) is 6.04 Å². The van der Waals surface area contributed by atoms with E-state index in [9.17, 15) is 0 Å². The van der Waals surface area contributed by atoms with Crippen LogP contribution < -0.4 is 5.73 Å². The molecule has 0 saturated carbocycles. The lowest BCUT2D eigenvalue weighted by atomic mass is 10.1. The number of nitrogens with two attached hydrogens (primary N) is 1. The predicted molar refractivity (Wildman–Crippen MR) is 72.0 cm³/mol. The van der Waals surface area contributed by atoms with Gasteiger partial charge in [0.1, 0.15) is 5.52 Å². The van der Waals surface area contributed by atoms with Crippen molar-refractivity contribution in [1.82, 2.24) is 4.98 Å². The van der Waals surface area contributed by atoms with Crippen molar-refractivity contribution in [2.45, 2.75) is 13.0 Å². The first-order chi connectivity index (χ1) is 8.74. The zero-order valence-electron chi connectivity index (χ0n) is 10.1. The minimum absolute atomic E-state index is 0.0442. The van der Waals surface area contributed by atoms with Crippen LogP contribution >= 0.6 is 0 Å². The van der Waals surface area contributed by atoms with E-state index in [4.69, 9.17) is 10.2 Å². The summed E-state index contributed by atoms with van der Waals surface area (Å²) in [5.74, 6) is 0.646. The van der Waals surface area contributed by atoms with E-state index >= 15 is 0 Å². The maximum atomic E-state index is 5.82. The first-order valence-electron chi connectivity index (χ1n) is 5.95. The SMILES string of the molecule is CC(N)c1ccc(-c2nc3ccccc3o2)cc1. The number of hydrogen-bond acceptors (Lipinski definition) is 3. The lowest BCUT2D eigenvalue weighted by molar-refractivity contribution is 0.620. The summed E-state index contributed by atoms with van der Waals surface area (Å²) >= 11 is 0. The standard InChI is InChI=1S/C15H14N2O/c1-10(16)11-6-8-12(9-7-11)15-17-13-4-2-3-5-14(13)18-15/h2-10H,16H2,1H3. The quantitative estimate of drug-likeness (QED) is 0.743. The van der Waals surface area contributed by atoms with Gasteiger partial charge < -0.3 is 10.2 Å². The van der Waals surface area contributed by atoms with Gasteiger partial charge in [0, 0.05) is 11.6 Å². The molecule has 1 unspecified atom stereocenters. The van der Waals surface area contributed by atoms with Crippen LogP contribution in [-0.2, 0) is 0 Å². The molecule has 18 heavy (non-hydrogen) atoms. The van der Waals surface area contributed by atoms with Gasteiger partial charge in [-0.1, -0.05) is 24.3 Å². The first-order valence-corrected chi connectivity index (χ1v) is 5.95. The number of hydrogen-bond donors (Lipinski definition) is 1. The van der Waals surface area contributed by atoms with Gasteiger partial charge >= 0.3 is 0 Å². The summed E-state index contributed by atoms with van der Waals surface area (Å²) in [6, 6.07) is 15.8. The average Bonchev–Trinajstić information content (AvgIpc) is 2.82. The Kier molecular flexibility index (Phi) is 2.61. The van der Waals surface area contributed by atoms with Crippen molar-refractivity contribution in [3.63, 3.8) is 0 Å². The molecule has 0 aliphatic rings. The molecule has 1 aromatic heterocycles. The van der Waals surface area contributed by atoms with Crippen LogP contribution in [0.4, 0.5) is 0 Å². The molecule has 3 nitrogen and oxygen atoms in total. The zero-order valence-corrected chi connectivity index (χ0v) is 10.1. The van der Waals surface area contributed by atoms with E-state index in [2.05, 4.69) is 4.98 Å². The Balaban J connectivity index is 2.03. The van der Waals surface area contributed by atoms with Gasteiger partial charge in [-0.25, -0.2) is 4.98 Å². The second-order valence-corrected chi connectivity index (χ2v) is 4.40. The molecule has 1 heterocycles. The molecule has 2 aromatic carbocycles. The molecule has 3 heteroatoms. The molecule has 0 amide bonds. The third-order valence-corrected chi connectivity index (χ3v) is 2.98. The highest BCUT2D eigenvalue weighted by atomic mass is 16.3. The monoisotopic (exact) mass is 238 g/mol. The van der Waals surface area contributed by atoms with Crippen LogP contribution in [0, 0.1) is 0 Å². The molecule has 1 atom stereocenters. The predicted octanol–water partition coefficient (Wildman–Crippen LogP) is 3.51. The maximum absolute atomic E-state index is 5.82. The van der Waals surface area contributed by atoms with Crippen molar-refractivity contribution < 1.29 is 4.42 Å². The van der Waals surface area contributed by atoms with Gasteiger partial charge in [0.25, 0.3) is 0 Å². The van der Waals surface area contributed by atoms with Gasteiger partial charge in [-0.2, -0.15) is 0 Å². The second-order valence-electron chi connectivity index (χ2n) is 4.40. The van der Waals surface area contributed by atoms with E-state index < -0.39 is 0 Å². The number of rotatable bonds is 2. The molecule has 90 valence electrons. The number of aromatic nitrogens is 1. The van der Waals surface area contributed by atoms with Crippen molar-refractivity contribution in [2.24, 2.45) is 5.73 Å². The molecule has 0 fully saturated rings. The molecule has 0 bridgehead atoms. The molecular formula is C15H14N2O. The Morgan fingerprint density at radius 1 is 1.06 bits per heavy atom. The topological polar surface area (TPSA) is 52.0 Å². The summed E-state index contributed by atoms with van der Waals surface area (Å²) in [7, 11) is 0. The van der Waals surface area contributed by atoms with Crippen molar-refractivity contribution in [2.75, 3.05) is 0 Å². The fourth-order valence-corrected chi connectivity index (χ4v) is 1.92. The van der Waals surface area contributed by atoms with Crippen LogP contribution in [0.25, 0.3) is 22.6 Å². The number of para-hydroxylation sites is 2. The van der Waals surface area contributed by atoms with E-state index in [0.717, 1.165) is 22.2 Å². The Labute approximate surface area is 105 Å². The average molecular weight is 238 g/mol. The molecular weight excluding hydrogens is 224 g/mol. The Morgan fingerprint density at radius 3 is 2.44 bits per heavy atom. The van der Waals surface area contributed by atoms with Crippen LogP contribution in [0.15, 0.2) is 52.9 Å². The Hall–Kier alpha value is -2.13. The van der Waals surface area contributed by atoms with Crippen molar-refractivity contribution in [1.29, 1.82) is 0 Å². The molecule has 2 N–H and O–H groups in total. The lowest BCUT2D eigenvalue weighted by Crippen LogP contribution is -2.04. The number of fused-ring (bicyclic) bond motifs is 1. The molecule has 0 aliphatic heterocycles. The highest BCUT2D eigenvalue weighted by Gasteiger charge is 2.08. The second kappa shape index (κ2) is 4.27. The summed E-state index contributed by atoms with van der Waals surface area (Å²) in [4.78, 5) is 4.46. The van der Waals surface area contributed by atoms with E-state index in [1.807, 2.05) is 55.5 Å². The van der Waals surface area contributed by atoms with Gasteiger partial charge in [0.15, 0.2) is 5.58 Å². The van der Waals surface area contributed by atoms with E-state index in [0.29, 0.717) is 5.89 Å². The number of benzene rings is 2. The van der Waals surface area contributed by atoms with Crippen LogP contribution in [0.2, 0.25) is 0 Å². The van der Waals surface area contributed by atoms with Gasteiger partial charge in [0.2, 0.25) is 5.89 Å². The Morgan fingerprint density at radius 2 is 1.78 bits per heavy atom. The van der Waals surface area contributed by atoms with Gasteiger partial charge in [-0.3, -0.25) is 0 Å². The molecule has 0 radical (unpaired) electrons. The summed E-state index contributed by atoms with van der Waals surface area (Å²) in [6.45, 7) is 1.97. The molecule has 0 saturated heterocycles. The van der Waals surface area contributed by atoms with Gasteiger partial charge in [-0.05, 0) is 36.8 Å². The van der Waals surface area contributed by atoms with Crippen LogP contribution in [-0.4, -0.2) is 4.98 Å². The summed E-state index contributed by atoms with van der Waals surface area (Å²) in [5, 5.41) is 0. The van der Waals surface area contributed by atoms with Crippen LogP contribution in [0.1, 0.15) is 18.5 Å². The lowest BCUT2D eigenvalue weighted by Gasteiger charge is -2.04. The first kappa shape index (κ1) is 11.0. The fourth-order valence-electron chi connectivity index (χ4n) is 1.92.